The maximum atomic E-state index is 11.6. The first-order valence-electron chi connectivity index (χ1n) is 4.90. The first kappa shape index (κ1) is 17.6. The van der Waals surface area contributed by atoms with Crippen molar-refractivity contribution in [2.75, 3.05) is 20.7 Å². The molecule has 0 aliphatic heterocycles. The fourth-order valence-electron chi connectivity index (χ4n) is 1.14. The highest BCUT2D eigenvalue weighted by molar-refractivity contribution is 5.88. The Hall–Kier alpha value is -0.810. The molecule has 1 atom stereocenters. The topological polar surface area (TPSA) is 67.4 Å². The van der Waals surface area contributed by atoms with Crippen molar-refractivity contribution in [3.8, 4) is 0 Å². The molecule has 96 valence electrons. The van der Waals surface area contributed by atoms with E-state index in [1.165, 1.54) is 7.11 Å². The molecule has 0 saturated carbocycles. The van der Waals surface area contributed by atoms with E-state index in [-0.39, 0.29) is 24.2 Å². The third-order valence-electron chi connectivity index (χ3n) is 2.09. The summed E-state index contributed by atoms with van der Waals surface area (Å²) in [5, 5.41) is 5.54. The van der Waals surface area contributed by atoms with Gasteiger partial charge in [-0.25, -0.2) is 4.79 Å². The molecular weight excluding hydrogens is 232 g/mol. The van der Waals surface area contributed by atoms with Gasteiger partial charge in [0.25, 0.3) is 0 Å². The van der Waals surface area contributed by atoms with Crippen LogP contribution in [0.3, 0.4) is 0 Å². The molecule has 0 aliphatic rings. The van der Waals surface area contributed by atoms with E-state index in [1.54, 1.807) is 27.8 Å². The zero-order valence-corrected chi connectivity index (χ0v) is 11.2. The van der Waals surface area contributed by atoms with Crippen LogP contribution in [0.1, 0.15) is 20.8 Å². The minimum absolute atomic E-state index is 0. The van der Waals surface area contributed by atoms with Crippen molar-refractivity contribution in [2.45, 2.75) is 26.3 Å². The monoisotopic (exact) mass is 252 g/mol. The lowest BCUT2D eigenvalue weighted by molar-refractivity contribution is -0.149. The van der Waals surface area contributed by atoms with Crippen LogP contribution in [-0.4, -0.2) is 38.1 Å². The molecule has 6 heteroatoms. The Bertz CT molecular complexity index is 244. The molecule has 1 unspecified atom stereocenters. The van der Waals surface area contributed by atoms with Crippen LogP contribution in [0.4, 0.5) is 0 Å². The average Bonchev–Trinajstić information content (AvgIpc) is 2.16. The molecule has 0 aromatic rings. The molecule has 2 N–H and O–H groups in total. The molecule has 0 heterocycles. The summed E-state index contributed by atoms with van der Waals surface area (Å²) < 4.78 is 4.59. The summed E-state index contributed by atoms with van der Waals surface area (Å²) in [6.07, 6.45) is 0. The van der Waals surface area contributed by atoms with Gasteiger partial charge in [-0.15, -0.1) is 12.4 Å². The van der Waals surface area contributed by atoms with Gasteiger partial charge in [0.1, 0.15) is 5.54 Å². The van der Waals surface area contributed by atoms with Gasteiger partial charge in [-0.1, -0.05) is 6.92 Å². The number of nitrogens with one attached hydrogen (secondary N) is 2. The van der Waals surface area contributed by atoms with Crippen LogP contribution in [0.25, 0.3) is 0 Å². The van der Waals surface area contributed by atoms with E-state index in [0.717, 1.165) is 0 Å². The summed E-state index contributed by atoms with van der Waals surface area (Å²) in [5.41, 5.74) is -0.978. The number of amides is 1. The van der Waals surface area contributed by atoms with Crippen LogP contribution in [0.5, 0.6) is 0 Å². The lowest BCUT2D eigenvalue weighted by Gasteiger charge is -2.24. The Morgan fingerprint density at radius 1 is 1.38 bits per heavy atom. The molecule has 0 fully saturated rings. The molecule has 0 rings (SSSR count). The molecule has 5 nitrogen and oxygen atoms in total. The molecule has 16 heavy (non-hydrogen) atoms. The number of halogens is 1. The van der Waals surface area contributed by atoms with E-state index < -0.39 is 11.5 Å². The predicted octanol–water partition coefficient (Wildman–Crippen LogP) is 0.331. The van der Waals surface area contributed by atoms with Crippen LogP contribution in [0.15, 0.2) is 0 Å². The minimum Gasteiger partial charge on any atom is -0.467 e. The Balaban J connectivity index is 0. The van der Waals surface area contributed by atoms with Crippen molar-refractivity contribution < 1.29 is 14.3 Å². The van der Waals surface area contributed by atoms with E-state index in [9.17, 15) is 9.59 Å². The number of hydrogen-bond donors (Lipinski definition) is 2. The smallest absolute Gasteiger partial charge is 0.330 e. The molecule has 0 aromatic heterocycles. The summed E-state index contributed by atoms with van der Waals surface area (Å²) in [5.74, 6) is -0.800. The molecule has 0 aliphatic carbocycles. The SMILES string of the molecule is CNCC(C)C(=O)NC(C)(C)C(=O)OC.Cl. The van der Waals surface area contributed by atoms with Crippen molar-refractivity contribution in [3.05, 3.63) is 0 Å². The van der Waals surface area contributed by atoms with Crippen molar-refractivity contribution in [3.63, 3.8) is 0 Å². The third kappa shape index (κ3) is 5.32. The van der Waals surface area contributed by atoms with Gasteiger partial charge >= 0.3 is 5.97 Å². The normalized spacial score (nSPS) is 12.3. The Morgan fingerprint density at radius 2 is 1.88 bits per heavy atom. The van der Waals surface area contributed by atoms with Crippen LogP contribution in [0, 0.1) is 5.92 Å². The first-order chi connectivity index (χ1) is 6.85. The highest BCUT2D eigenvalue weighted by Gasteiger charge is 2.31. The van der Waals surface area contributed by atoms with Gasteiger partial charge in [-0.05, 0) is 20.9 Å². The second-order valence-electron chi connectivity index (χ2n) is 4.06. The van der Waals surface area contributed by atoms with E-state index in [4.69, 9.17) is 0 Å². The lowest BCUT2D eigenvalue weighted by Crippen LogP contribution is -2.52. The van der Waals surface area contributed by atoms with Crippen molar-refractivity contribution >= 4 is 24.3 Å². The molecule has 0 radical (unpaired) electrons. The van der Waals surface area contributed by atoms with Gasteiger partial charge in [-0.3, -0.25) is 4.79 Å². The number of carbonyl (C=O) groups is 2. The summed E-state index contributed by atoms with van der Waals surface area (Å²) >= 11 is 0. The summed E-state index contributed by atoms with van der Waals surface area (Å²) in [6.45, 7) is 5.59. The van der Waals surface area contributed by atoms with Crippen LogP contribution in [-0.2, 0) is 14.3 Å². The predicted molar refractivity (Wildman–Crippen MR) is 64.6 cm³/mol. The number of rotatable bonds is 5. The fraction of sp³-hybridized carbons (Fsp3) is 0.800. The Labute approximate surface area is 103 Å². The maximum absolute atomic E-state index is 11.6. The molecular formula is C10H21ClN2O3. The Morgan fingerprint density at radius 3 is 2.25 bits per heavy atom. The lowest BCUT2D eigenvalue weighted by atomic mass is 10.0. The van der Waals surface area contributed by atoms with Crippen molar-refractivity contribution in [1.29, 1.82) is 0 Å². The quantitative estimate of drug-likeness (QED) is 0.692. The standard InChI is InChI=1S/C10H20N2O3.ClH/c1-7(6-11-4)8(13)12-10(2,3)9(14)15-5;/h7,11H,6H2,1-5H3,(H,12,13);1H. The Kier molecular flexibility index (Phi) is 8.20. The molecule has 0 aromatic carbocycles. The number of carbonyl (C=O) groups excluding carboxylic acids is 2. The zero-order chi connectivity index (χ0) is 12.1. The molecule has 1 amide bonds. The number of hydrogen-bond acceptors (Lipinski definition) is 4. The molecule has 0 bridgehead atoms. The van der Waals surface area contributed by atoms with Gasteiger partial charge in [0.2, 0.25) is 5.91 Å². The zero-order valence-electron chi connectivity index (χ0n) is 10.4. The molecule has 0 saturated heterocycles. The van der Waals surface area contributed by atoms with Gasteiger partial charge < -0.3 is 15.4 Å². The summed E-state index contributed by atoms with van der Waals surface area (Å²) in [7, 11) is 3.07. The van der Waals surface area contributed by atoms with Gasteiger partial charge in [0, 0.05) is 12.5 Å². The van der Waals surface area contributed by atoms with Crippen LogP contribution < -0.4 is 10.6 Å². The van der Waals surface area contributed by atoms with Gasteiger partial charge in [-0.2, -0.15) is 0 Å². The van der Waals surface area contributed by atoms with E-state index in [2.05, 4.69) is 15.4 Å². The third-order valence-corrected chi connectivity index (χ3v) is 2.09. The fourth-order valence-corrected chi connectivity index (χ4v) is 1.14. The largest absolute Gasteiger partial charge is 0.467 e. The minimum atomic E-state index is -0.978. The van der Waals surface area contributed by atoms with E-state index in [0.29, 0.717) is 6.54 Å². The summed E-state index contributed by atoms with van der Waals surface area (Å²) in [4.78, 5) is 22.9. The van der Waals surface area contributed by atoms with E-state index >= 15 is 0 Å². The van der Waals surface area contributed by atoms with Crippen LogP contribution >= 0.6 is 12.4 Å². The maximum Gasteiger partial charge on any atom is 0.330 e. The van der Waals surface area contributed by atoms with Crippen LogP contribution in [0.2, 0.25) is 0 Å². The average molecular weight is 253 g/mol. The second-order valence-corrected chi connectivity index (χ2v) is 4.06. The first-order valence-corrected chi connectivity index (χ1v) is 4.90. The van der Waals surface area contributed by atoms with Crippen molar-refractivity contribution in [1.82, 2.24) is 10.6 Å². The van der Waals surface area contributed by atoms with Crippen molar-refractivity contribution in [2.24, 2.45) is 5.92 Å². The highest BCUT2D eigenvalue weighted by atomic mass is 35.5. The van der Waals surface area contributed by atoms with Gasteiger partial charge in [0.05, 0.1) is 7.11 Å². The number of ether oxygens (including phenoxy) is 1. The molecule has 0 spiro atoms. The van der Waals surface area contributed by atoms with Gasteiger partial charge in [0.15, 0.2) is 0 Å². The highest BCUT2D eigenvalue weighted by Crippen LogP contribution is 2.06. The number of methoxy groups -OCH3 is 1. The van der Waals surface area contributed by atoms with E-state index in [1.807, 2.05) is 0 Å². The summed E-state index contributed by atoms with van der Waals surface area (Å²) in [6, 6.07) is 0. The number of esters is 1. The second kappa shape index (κ2) is 7.46.